The molecule has 1 unspecified atom stereocenters. The summed E-state index contributed by atoms with van der Waals surface area (Å²) >= 11 is 0. The lowest BCUT2D eigenvalue weighted by atomic mass is 10.1. The van der Waals surface area contributed by atoms with Gasteiger partial charge in [0.25, 0.3) is 0 Å². The highest BCUT2D eigenvalue weighted by molar-refractivity contribution is 5.57. The number of phenolic OH excluding ortho intramolecular Hbond substituents is 1. The van der Waals surface area contributed by atoms with Gasteiger partial charge in [-0.3, -0.25) is 10.1 Å². The molecule has 0 aliphatic heterocycles. The van der Waals surface area contributed by atoms with Gasteiger partial charge in [0.2, 0.25) is 5.75 Å². The maximum atomic E-state index is 10.7. The van der Waals surface area contributed by atoms with Crippen molar-refractivity contribution in [1.82, 2.24) is 0 Å². The van der Waals surface area contributed by atoms with E-state index in [1.54, 1.807) is 6.07 Å². The summed E-state index contributed by atoms with van der Waals surface area (Å²) in [5.74, 6) is -0.725. The third-order valence-electron chi connectivity index (χ3n) is 2.16. The minimum atomic E-state index is -1.16. The number of nitriles is 1. The lowest BCUT2D eigenvalue weighted by Crippen LogP contribution is -2.00. The number of aromatic hydroxyl groups is 1. The first-order chi connectivity index (χ1) is 8.01. The van der Waals surface area contributed by atoms with Crippen molar-refractivity contribution in [2.45, 2.75) is 12.5 Å². The van der Waals surface area contributed by atoms with Crippen molar-refractivity contribution in [2.75, 3.05) is 7.11 Å². The number of methoxy groups -OCH3 is 1. The predicted octanol–water partition coefficient (Wildman–Crippen LogP) is 1.26. The quantitative estimate of drug-likeness (QED) is 0.602. The average molecular weight is 238 g/mol. The molecule has 0 fully saturated rings. The van der Waals surface area contributed by atoms with Crippen LogP contribution in [-0.4, -0.2) is 22.2 Å². The maximum absolute atomic E-state index is 10.7. The second-order valence-electron chi connectivity index (χ2n) is 3.23. The number of phenols is 1. The van der Waals surface area contributed by atoms with E-state index in [1.165, 1.54) is 13.2 Å². The van der Waals surface area contributed by atoms with Gasteiger partial charge in [-0.2, -0.15) is 5.26 Å². The van der Waals surface area contributed by atoms with Crippen LogP contribution in [0.1, 0.15) is 18.1 Å². The molecule has 2 N–H and O–H groups in total. The Morgan fingerprint density at radius 1 is 1.65 bits per heavy atom. The zero-order chi connectivity index (χ0) is 13.0. The van der Waals surface area contributed by atoms with Crippen LogP contribution in [-0.2, 0) is 0 Å². The number of nitrogens with zero attached hydrogens (tertiary/aromatic N) is 2. The smallest absolute Gasteiger partial charge is 0.315 e. The molecule has 0 aliphatic carbocycles. The van der Waals surface area contributed by atoms with Crippen molar-refractivity contribution in [1.29, 1.82) is 5.26 Å². The van der Waals surface area contributed by atoms with E-state index in [1.807, 2.05) is 0 Å². The first kappa shape index (κ1) is 12.7. The second-order valence-corrected chi connectivity index (χ2v) is 3.23. The van der Waals surface area contributed by atoms with Gasteiger partial charge in [0.15, 0.2) is 5.75 Å². The first-order valence-corrected chi connectivity index (χ1v) is 4.61. The van der Waals surface area contributed by atoms with Crippen molar-refractivity contribution in [2.24, 2.45) is 0 Å². The topological polar surface area (TPSA) is 117 Å². The normalized spacial score (nSPS) is 11.6. The average Bonchev–Trinajstić information content (AvgIpc) is 2.29. The molecule has 0 bridgehead atoms. The summed E-state index contributed by atoms with van der Waals surface area (Å²) in [6.45, 7) is 0. The monoisotopic (exact) mass is 238 g/mol. The summed E-state index contributed by atoms with van der Waals surface area (Å²) in [6.07, 6.45) is -1.36. The Labute approximate surface area is 96.6 Å². The van der Waals surface area contributed by atoms with Crippen LogP contribution in [0.25, 0.3) is 0 Å². The molecule has 1 atom stereocenters. The third-order valence-corrected chi connectivity index (χ3v) is 2.16. The fourth-order valence-corrected chi connectivity index (χ4v) is 1.31. The molecular weight excluding hydrogens is 228 g/mol. The van der Waals surface area contributed by atoms with E-state index in [2.05, 4.69) is 0 Å². The number of hydrogen-bond donors (Lipinski definition) is 2. The lowest BCUT2D eigenvalue weighted by molar-refractivity contribution is -0.386. The van der Waals surface area contributed by atoms with E-state index in [4.69, 9.17) is 10.00 Å². The van der Waals surface area contributed by atoms with Crippen LogP contribution in [0.2, 0.25) is 0 Å². The highest BCUT2D eigenvalue weighted by Crippen LogP contribution is 2.38. The molecular formula is C10H10N2O5. The fourth-order valence-electron chi connectivity index (χ4n) is 1.31. The summed E-state index contributed by atoms with van der Waals surface area (Å²) in [7, 11) is 1.24. The van der Waals surface area contributed by atoms with E-state index in [9.17, 15) is 20.3 Å². The van der Waals surface area contributed by atoms with Gasteiger partial charge < -0.3 is 14.9 Å². The fraction of sp³-hybridized carbons (Fsp3) is 0.300. The molecule has 90 valence electrons. The summed E-state index contributed by atoms with van der Waals surface area (Å²) < 4.78 is 4.76. The molecule has 7 nitrogen and oxygen atoms in total. The van der Waals surface area contributed by atoms with Crippen LogP contribution < -0.4 is 4.74 Å². The van der Waals surface area contributed by atoms with Gasteiger partial charge in [-0.1, -0.05) is 0 Å². The molecule has 1 aromatic rings. The standard InChI is InChI=1S/C10H10N2O5/c1-17-9-5-6(8(13)2-3-11)4-7(10(9)14)12(15)16/h4-5,8,13-14H,2H2,1H3. The molecule has 1 aromatic carbocycles. The van der Waals surface area contributed by atoms with Crippen molar-refractivity contribution in [3.63, 3.8) is 0 Å². The zero-order valence-electron chi connectivity index (χ0n) is 8.95. The SMILES string of the molecule is COc1cc(C(O)CC#N)cc([N+](=O)[O-])c1O. The zero-order valence-corrected chi connectivity index (χ0v) is 8.95. The van der Waals surface area contributed by atoms with Crippen LogP contribution in [0.4, 0.5) is 5.69 Å². The van der Waals surface area contributed by atoms with E-state index in [-0.39, 0.29) is 17.7 Å². The third kappa shape index (κ3) is 2.62. The molecule has 0 spiro atoms. The Kier molecular flexibility index (Phi) is 3.85. The molecule has 0 saturated carbocycles. The van der Waals surface area contributed by atoms with Crippen molar-refractivity contribution in [3.8, 4) is 17.6 Å². The summed E-state index contributed by atoms with van der Waals surface area (Å²) in [5.41, 5.74) is -0.427. The maximum Gasteiger partial charge on any atom is 0.315 e. The van der Waals surface area contributed by atoms with Crippen molar-refractivity contribution in [3.05, 3.63) is 27.8 Å². The van der Waals surface area contributed by atoms with Crippen LogP contribution in [0.3, 0.4) is 0 Å². The predicted molar refractivity (Wildman–Crippen MR) is 56.5 cm³/mol. The molecule has 0 aromatic heterocycles. The number of rotatable bonds is 4. The van der Waals surface area contributed by atoms with Gasteiger partial charge in [-0.05, 0) is 11.6 Å². The van der Waals surface area contributed by atoms with Gasteiger partial charge in [0.1, 0.15) is 0 Å². The minimum absolute atomic E-state index is 0.119. The molecule has 7 heteroatoms. The molecule has 0 saturated heterocycles. The van der Waals surface area contributed by atoms with Crippen LogP contribution in [0, 0.1) is 21.4 Å². The number of benzene rings is 1. The van der Waals surface area contributed by atoms with E-state index in [0.717, 1.165) is 6.07 Å². The Balaban J connectivity index is 3.30. The number of aliphatic hydroxyl groups excluding tert-OH is 1. The van der Waals surface area contributed by atoms with Gasteiger partial charge in [0.05, 0.1) is 30.6 Å². The van der Waals surface area contributed by atoms with E-state index < -0.39 is 22.5 Å². The molecule has 0 radical (unpaired) electrons. The van der Waals surface area contributed by atoms with Gasteiger partial charge in [-0.15, -0.1) is 0 Å². The van der Waals surface area contributed by atoms with Gasteiger partial charge in [0, 0.05) is 6.07 Å². The Hall–Kier alpha value is -2.33. The molecule has 0 heterocycles. The number of aliphatic hydroxyl groups is 1. The summed E-state index contributed by atoms with van der Waals surface area (Å²) in [6, 6.07) is 4.01. The molecule has 17 heavy (non-hydrogen) atoms. The highest BCUT2D eigenvalue weighted by Gasteiger charge is 2.22. The van der Waals surface area contributed by atoms with E-state index >= 15 is 0 Å². The second kappa shape index (κ2) is 5.14. The van der Waals surface area contributed by atoms with Gasteiger partial charge in [-0.25, -0.2) is 0 Å². The van der Waals surface area contributed by atoms with Crippen LogP contribution >= 0.6 is 0 Å². The van der Waals surface area contributed by atoms with Crippen LogP contribution in [0.5, 0.6) is 11.5 Å². The Bertz CT molecular complexity index is 480. The van der Waals surface area contributed by atoms with Crippen LogP contribution in [0.15, 0.2) is 12.1 Å². The summed E-state index contributed by atoms with van der Waals surface area (Å²) in [4.78, 5) is 9.87. The Morgan fingerprint density at radius 3 is 2.76 bits per heavy atom. The highest BCUT2D eigenvalue weighted by atomic mass is 16.6. The first-order valence-electron chi connectivity index (χ1n) is 4.61. The number of nitro groups is 1. The molecule has 0 aliphatic rings. The summed E-state index contributed by atoms with van der Waals surface area (Å²) in [5, 5.41) is 38.1. The van der Waals surface area contributed by atoms with E-state index in [0.29, 0.717) is 0 Å². The Morgan fingerprint density at radius 2 is 2.29 bits per heavy atom. The van der Waals surface area contributed by atoms with Crippen molar-refractivity contribution >= 4 is 5.69 Å². The minimum Gasteiger partial charge on any atom is -0.500 e. The van der Waals surface area contributed by atoms with Crippen molar-refractivity contribution < 1.29 is 19.9 Å². The van der Waals surface area contributed by atoms with Gasteiger partial charge >= 0.3 is 5.69 Å². The molecule has 1 rings (SSSR count). The molecule has 0 amide bonds. The number of nitro benzene ring substituents is 1. The number of ether oxygens (including phenoxy) is 1. The largest absolute Gasteiger partial charge is 0.500 e. The lowest BCUT2D eigenvalue weighted by Gasteiger charge is -2.10. The number of hydrogen-bond acceptors (Lipinski definition) is 6.